The molecule has 0 saturated carbocycles. The number of rotatable bonds is 1. The molecule has 68 valence electrons. The highest BCUT2D eigenvalue weighted by Crippen LogP contribution is 2.16. The number of hydrogen-bond acceptors (Lipinski definition) is 1. The zero-order valence-electron chi connectivity index (χ0n) is 7.22. The highest BCUT2D eigenvalue weighted by Gasteiger charge is 2.18. The van der Waals surface area contributed by atoms with Gasteiger partial charge < -0.3 is 4.90 Å². The van der Waals surface area contributed by atoms with Gasteiger partial charge in [-0.1, -0.05) is 0 Å². The van der Waals surface area contributed by atoms with Crippen molar-refractivity contribution in [3.63, 3.8) is 0 Å². The Morgan fingerprint density at radius 1 is 1.27 bits per heavy atom. The molecule has 1 nitrogen and oxygen atoms in total. The molecule has 1 rings (SSSR count). The van der Waals surface area contributed by atoms with Crippen molar-refractivity contribution < 1.29 is 0 Å². The van der Waals surface area contributed by atoms with E-state index in [0.29, 0.717) is 11.4 Å². The molecule has 0 atom stereocenters. The predicted molar refractivity (Wildman–Crippen MR) is 52.8 cm³/mol. The Morgan fingerprint density at radius 3 is 2.09 bits per heavy atom. The van der Waals surface area contributed by atoms with Crippen LogP contribution >= 0.6 is 24.0 Å². The monoisotopic (exact) mass is 197 g/mol. The summed E-state index contributed by atoms with van der Waals surface area (Å²) < 4.78 is 0. The first-order valence-electron chi connectivity index (χ1n) is 4.08. The zero-order valence-corrected chi connectivity index (χ0v) is 8.79. The van der Waals surface area contributed by atoms with Crippen molar-refractivity contribution in [1.82, 2.24) is 4.90 Å². The number of nitrogens with zero attached hydrogens (tertiary/aromatic N) is 1. The van der Waals surface area contributed by atoms with Crippen molar-refractivity contribution in [1.29, 1.82) is 0 Å². The Morgan fingerprint density at radius 2 is 1.73 bits per heavy atom. The smallest absolute Gasteiger partial charge is 0.0360 e. The van der Waals surface area contributed by atoms with Gasteiger partial charge in [0.25, 0.3) is 0 Å². The Bertz CT molecular complexity index is 98.3. The van der Waals surface area contributed by atoms with E-state index in [1.807, 2.05) is 0 Å². The summed E-state index contributed by atoms with van der Waals surface area (Å²) in [5.74, 6) is 0. The van der Waals surface area contributed by atoms with Crippen LogP contribution in [0.2, 0.25) is 0 Å². The van der Waals surface area contributed by atoms with Gasteiger partial charge in [-0.2, -0.15) is 0 Å². The average Bonchev–Trinajstić information content (AvgIpc) is 1.88. The molecule has 0 aromatic carbocycles. The van der Waals surface area contributed by atoms with Gasteiger partial charge in [-0.25, -0.2) is 0 Å². The summed E-state index contributed by atoms with van der Waals surface area (Å²) in [6.07, 6.45) is 2.33. The van der Waals surface area contributed by atoms with Gasteiger partial charge in [-0.15, -0.1) is 24.0 Å². The summed E-state index contributed by atoms with van der Waals surface area (Å²) in [7, 11) is 0. The van der Waals surface area contributed by atoms with Crippen LogP contribution in [0, 0.1) is 0 Å². The van der Waals surface area contributed by atoms with Crippen LogP contribution in [0.5, 0.6) is 0 Å². The lowest BCUT2D eigenvalue weighted by atomic mass is 10.1. The van der Waals surface area contributed by atoms with Gasteiger partial charge in [0.05, 0.1) is 0 Å². The third-order valence-corrected chi connectivity index (χ3v) is 2.63. The van der Waals surface area contributed by atoms with Crippen molar-refractivity contribution in [3.8, 4) is 0 Å². The summed E-state index contributed by atoms with van der Waals surface area (Å²) in [6, 6.07) is 0.698. The van der Waals surface area contributed by atoms with Gasteiger partial charge in [0.2, 0.25) is 0 Å². The van der Waals surface area contributed by atoms with Crippen molar-refractivity contribution in [2.45, 2.75) is 38.1 Å². The molecule has 1 aliphatic rings. The van der Waals surface area contributed by atoms with E-state index in [1.54, 1.807) is 0 Å². The maximum atomic E-state index is 5.96. The minimum atomic E-state index is 0. The van der Waals surface area contributed by atoms with E-state index < -0.39 is 0 Å². The topological polar surface area (TPSA) is 3.24 Å². The summed E-state index contributed by atoms with van der Waals surface area (Å²) in [5.41, 5.74) is 0. The van der Waals surface area contributed by atoms with Crippen LogP contribution in [-0.4, -0.2) is 29.4 Å². The molecule has 0 unspecified atom stereocenters. The van der Waals surface area contributed by atoms with E-state index in [4.69, 9.17) is 11.6 Å². The minimum Gasteiger partial charge on any atom is -0.301 e. The van der Waals surface area contributed by atoms with Gasteiger partial charge in [0, 0.05) is 11.4 Å². The lowest BCUT2D eigenvalue weighted by Crippen LogP contribution is -2.38. The fourth-order valence-corrected chi connectivity index (χ4v) is 1.58. The SMILES string of the molecule is CC(C)N1CCC(Cl)CC1.Cl. The molecule has 1 heterocycles. The third-order valence-electron chi connectivity index (χ3n) is 2.19. The molecule has 0 N–H and O–H groups in total. The molecule has 1 fully saturated rings. The first-order valence-corrected chi connectivity index (χ1v) is 4.52. The molecule has 0 spiro atoms. The summed E-state index contributed by atoms with van der Waals surface area (Å²) in [6.45, 7) is 6.86. The van der Waals surface area contributed by atoms with Gasteiger partial charge in [0.15, 0.2) is 0 Å². The van der Waals surface area contributed by atoms with Crippen molar-refractivity contribution in [2.24, 2.45) is 0 Å². The largest absolute Gasteiger partial charge is 0.301 e. The van der Waals surface area contributed by atoms with Gasteiger partial charge in [-0.05, 0) is 39.8 Å². The van der Waals surface area contributed by atoms with E-state index in [1.165, 1.54) is 25.9 Å². The molecule has 0 radical (unpaired) electrons. The van der Waals surface area contributed by atoms with E-state index in [-0.39, 0.29) is 12.4 Å². The maximum Gasteiger partial charge on any atom is 0.0360 e. The van der Waals surface area contributed by atoms with E-state index in [2.05, 4.69) is 18.7 Å². The second-order valence-electron chi connectivity index (χ2n) is 3.30. The molecule has 11 heavy (non-hydrogen) atoms. The normalized spacial score (nSPS) is 21.8. The van der Waals surface area contributed by atoms with Crippen LogP contribution in [0.3, 0.4) is 0 Å². The molecule has 0 aromatic rings. The van der Waals surface area contributed by atoms with Crippen LogP contribution in [0.15, 0.2) is 0 Å². The van der Waals surface area contributed by atoms with Crippen LogP contribution in [-0.2, 0) is 0 Å². The molecule has 0 bridgehead atoms. The van der Waals surface area contributed by atoms with Crippen molar-refractivity contribution in [2.75, 3.05) is 13.1 Å². The minimum absolute atomic E-state index is 0. The number of hydrogen-bond donors (Lipinski definition) is 0. The lowest BCUT2D eigenvalue weighted by molar-refractivity contribution is 0.187. The van der Waals surface area contributed by atoms with Crippen LogP contribution in [0.1, 0.15) is 26.7 Å². The highest BCUT2D eigenvalue weighted by molar-refractivity contribution is 6.20. The van der Waals surface area contributed by atoms with E-state index >= 15 is 0 Å². The lowest BCUT2D eigenvalue weighted by Gasteiger charge is -2.32. The summed E-state index contributed by atoms with van der Waals surface area (Å²) in [5, 5.41) is 0.440. The first kappa shape index (κ1) is 11.5. The molecule has 0 amide bonds. The summed E-state index contributed by atoms with van der Waals surface area (Å²) >= 11 is 5.96. The van der Waals surface area contributed by atoms with Gasteiger partial charge >= 0.3 is 0 Å². The van der Waals surface area contributed by atoms with Crippen molar-refractivity contribution in [3.05, 3.63) is 0 Å². The fourth-order valence-electron chi connectivity index (χ4n) is 1.38. The van der Waals surface area contributed by atoms with Crippen LogP contribution in [0.4, 0.5) is 0 Å². The van der Waals surface area contributed by atoms with Gasteiger partial charge in [0.1, 0.15) is 0 Å². The van der Waals surface area contributed by atoms with Gasteiger partial charge in [-0.3, -0.25) is 0 Å². The molecule has 0 aliphatic carbocycles. The fraction of sp³-hybridized carbons (Fsp3) is 1.00. The van der Waals surface area contributed by atoms with Crippen LogP contribution < -0.4 is 0 Å². The second kappa shape index (κ2) is 5.23. The quantitative estimate of drug-likeness (QED) is 0.585. The van der Waals surface area contributed by atoms with E-state index in [0.717, 1.165) is 0 Å². The maximum absolute atomic E-state index is 5.96. The first-order chi connectivity index (χ1) is 4.70. The second-order valence-corrected chi connectivity index (χ2v) is 3.92. The Kier molecular flexibility index (Phi) is 5.49. The molecule has 3 heteroatoms. The van der Waals surface area contributed by atoms with Crippen LogP contribution in [0.25, 0.3) is 0 Å². The highest BCUT2D eigenvalue weighted by atomic mass is 35.5. The molecule has 1 saturated heterocycles. The molecule has 0 aromatic heterocycles. The standard InChI is InChI=1S/C8H16ClN.ClH/c1-7(2)10-5-3-8(9)4-6-10;/h7-8H,3-6H2,1-2H3;1H. The Balaban J connectivity index is 0.000001000. The number of likely N-dealkylation sites (tertiary alicyclic amines) is 1. The number of halogens is 2. The summed E-state index contributed by atoms with van der Waals surface area (Å²) in [4.78, 5) is 2.48. The van der Waals surface area contributed by atoms with E-state index in [9.17, 15) is 0 Å². The number of piperidine rings is 1. The Hall–Kier alpha value is 0.540. The molecular weight excluding hydrogens is 181 g/mol. The molecule has 1 aliphatic heterocycles. The molecular formula is C8H17Cl2N. The zero-order chi connectivity index (χ0) is 7.56. The number of alkyl halides is 1. The Labute approximate surface area is 80.5 Å². The predicted octanol–water partition coefficient (Wildman–Crippen LogP) is 2.52. The van der Waals surface area contributed by atoms with Crippen molar-refractivity contribution >= 4 is 24.0 Å². The average molecular weight is 198 g/mol. The third kappa shape index (κ3) is 3.64.